The van der Waals surface area contributed by atoms with Crippen LogP contribution in [0.25, 0.3) is 0 Å². The van der Waals surface area contributed by atoms with Crippen LogP contribution in [-0.4, -0.2) is 82.8 Å². The topological polar surface area (TPSA) is 133 Å². The van der Waals surface area contributed by atoms with E-state index < -0.39 is 12.7 Å². The van der Waals surface area contributed by atoms with Gasteiger partial charge in [-0.15, -0.1) is 26.3 Å². The van der Waals surface area contributed by atoms with Gasteiger partial charge >= 0.3 is 24.8 Å². The molecule has 2 aromatic carbocycles. The Bertz CT molecular complexity index is 1660. The smallest absolute Gasteiger partial charge is 0.406 e. The summed E-state index contributed by atoms with van der Waals surface area (Å²) in [5, 5.41) is 11.1. The lowest BCUT2D eigenvalue weighted by molar-refractivity contribution is -0.275. The van der Waals surface area contributed by atoms with E-state index >= 15 is 0 Å². The van der Waals surface area contributed by atoms with Gasteiger partial charge in [0.1, 0.15) is 11.5 Å². The molecular formula is C42H54F6N8O4. The number of nitrogens with zero attached hydrogens (tertiary/aromatic N) is 4. The molecule has 2 fully saturated rings. The normalized spacial score (nSPS) is 15.0. The maximum Gasteiger partial charge on any atom is 0.573 e. The quantitative estimate of drug-likeness (QED) is 0.116. The standard InChI is InChI=1S/2C19H21F3N4O2.2C2H6/c20-19(21,22)28-17-3-1-15(2-4-17)24-18(27)25-16-7-11-26(12-8-16)13-14-5-9-23-10-6-14;20-19(21,22)28-17-5-3-15(4-6-17)24-18(27)25-16-7-10-26(11-8-16)13-14-2-1-9-23-12-14;2*1-2/h1-6,9-10,16H,7-8,11-13H2,(H2,24,25,27);1-6,9,12,16H,7-8,10-11,13H2,(H2,24,25,27);2*1-2H3. The number of aromatic nitrogens is 2. The number of hydrogen-bond donors (Lipinski definition) is 4. The van der Waals surface area contributed by atoms with Crippen LogP contribution in [0.4, 0.5) is 47.3 Å². The van der Waals surface area contributed by atoms with E-state index in [2.05, 4.69) is 50.5 Å². The van der Waals surface area contributed by atoms with Crippen molar-refractivity contribution in [3.8, 4) is 11.5 Å². The molecule has 4 N–H and O–H groups in total. The fraction of sp³-hybridized carbons (Fsp3) is 0.429. The number of benzene rings is 2. The highest BCUT2D eigenvalue weighted by Crippen LogP contribution is 2.25. The van der Waals surface area contributed by atoms with Gasteiger partial charge in [0.2, 0.25) is 0 Å². The molecule has 0 atom stereocenters. The average molecular weight is 849 g/mol. The van der Waals surface area contributed by atoms with Gasteiger partial charge in [-0.25, -0.2) is 9.59 Å². The zero-order valence-electron chi connectivity index (χ0n) is 34.2. The van der Waals surface area contributed by atoms with E-state index in [4.69, 9.17) is 0 Å². The van der Waals surface area contributed by atoms with Gasteiger partial charge in [0.15, 0.2) is 0 Å². The Balaban J connectivity index is 0.000000296. The Morgan fingerprint density at radius 3 is 1.35 bits per heavy atom. The van der Waals surface area contributed by atoms with Crippen molar-refractivity contribution in [2.24, 2.45) is 0 Å². The largest absolute Gasteiger partial charge is 0.573 e. The van der Waals surface area contributed by atoms with Crippen LogP contribution in [0, 0.1) is 0 Å². The Morgan fingerprint density at radius 2 is 0.983 bits per heavy atom. The van der Waals surface area contributed by atoms with Gasteiger partial charge in [-0.05, 0) is 104 Å². The number of nitrogens with one attached hydrogen (secondary N) is 4. The van der Waals surface area contributed by atoms with E-state index in [1.807, 2.05) is 58.2 Å². The second-order valence-corrected chi connectivity index (χ2v) is 13.2. The van der Waals surface area contributed by atoms with Crippen LogP contribution in [0.2, 0.25) is 0 Å². The molecule has 4 aromatic rings. The SMILES string of the molecule is CC.CC.O=C(Nc1ccc(OC(F)(F)F)cc1)NC1CCN(Cc2cccnc2)CC1.O=C(Nc1ccc(OC(F)(F)F)cc1)NC1CCN(Cc2ccncc2)CC1. The molecule has 0 aliphatic carbocycles. The second kappa shape index (κ2) is 25.1. The first-order chi connectivity index (χ1) is 28.7. The molecule has 18 heteroatoms. The second-order valence-electron chi connectivity index (χ2n) is 13.2. The third-order valence-corrected chi connectivity index (χ3v) is 8.82. The summed E-state index contributed by atoms with van der Waals surface area (Å²) >= 11 is 0. The monoisotopic (exact) mass is 848 g/mol. The Hall–Kier alpha value is -5.62. The number of ether oxygens (including phenoxy) is 2. The fourth-order valence-electron chi connectivity index (χ4n) is 6.15. The molecule has 2 aliphatic rings. The number of anilines is 2. The van der Waals surface area contributed by atoms with Gasteiger partial charge in [-0.2, -0.15) is 0 Å². The molecule has 60 heavy (non-hydrogen) atoms. The summed E-state index contributed by atoms with van der Waals surface area (Å²) in [5.41, 5.74) is 3.14. The van der Waals surface area contributed by atoms with E-state index in [0.29, 0.717) is 11.4 Å². The number of carbonyl (C=O) groups is 2. The van der Waals surface area contributed by atoms with E-state index in [0.717, 1.165) is 94.8 Å². The van der Waals surface area contributed by atoms with Gasteiger partial charge in [0.25, 0.3) is 0 Å². The number of piperidine rings is 2. The minimum Gasteiger partial charge on any atom is -0.406 e. The van der Waals surface area contributed by atoms with Crippen LogP contribution in [0.1, 0.15) is 64.5 Å². The number of hydrogen-bond acceptors (Lipinski definition) is 8. The van der Waals surface area contributed by atoms with Gasteiger partial charge in [0, 0.05) is 87.5 Å². The third kappa shape index (κ3) is 19.4. The number of alkyl halides is 6. The minimum absolute atomic E-state index is 0.0537. The van der Waals surface area contributed by atoms with Crippen LogP contribution >= 0.6 is 0 Å². The number of halogens is 6. The average Bonchev–Trinajstić information content (AvgIpc) is 3.22. The summed E-state index contributed by atoms with van der Waals surface area (Å²) < 4.78 is 80.5. The number of pyridine rings is 2. The number of likely N-dealkylation sites (tertiary alicyclic amines) is 2. The molecule has 4 heterocycles. The van der Waals surface area contributed by atoms with Crippen LogP contribution in [0.15, 0.2) is 97.6 Å². The molecule has 0 radical (unpaired) electrons. The molecule has 4 amide bonds. The summed E-state index contributed by atoms with van der Waals surface area (Å²) in [7, 11) is 0. The fourth-order valence-corrected chi connectivity index (χ4v) is 6.15. The van der Waals surface area contributed by atoms with E-state index in [1.54, 1.807) is 18.6 Å². The summed E-state index contributed by atoms with van der Waals surface area (Å²) in [6, 6.07) is 17.3. The van der Waals surface area contributed by atoms with Crippen molar-refractivity contribution in [2.75, 3.05) is 36.8 Å². The molecule has 6 rings (SSSR count). The van der Waals surface area contributed by atoms with Crippen molar-refractivity contribution >= 4 is 23.4 Å². The lowest BCUT2D eigenvalue weighted by Crippen LogP contribution is -2.45. The lowest BCUT2D eigenvalue weighted by Gasteiger charge is -2.32. The molecule has 2 saturated heterocycles. The van der Waals surface area contributed by atoms with Crippen molar-refractivity contribution in [3.63, 3.8) is 0 Å². The van der Waals surface area contributed by atoms with Crippen LogP contribution in [-0.2, 0) is 13.1 Å². The van der Waals surface area contributed by atoms with Crippen molar-refractivity contribution < 1.29 is 45.4 Å². The van der Waals surface area contributed by atoms with Crippen molar-refractivity contribution in [2.45, 2.75) is 91.3 Å². The van der Waals surface area contributed by atoms with Crippen LogP contribution in [0.5, 0.6) is 11.5 Å². The summed E-state index contributed by atoms with van der Waals surface area (Å²) in [6.07, 6.45) is 0.978. The maximum absolute atomic E-state index is 12.2. The van der Waals surface area contributed by atoms with E-state index in [9.17, 15) is 35.9 Å². The predicted octanol–water partition coefficient (Wildman–Crippen LogP) is 9.58. The first-order valence-corrected chi connectivity index (χ1v) is 19.8. The molecule has 0 bridgehead atoms. The molecule has 2 aromatic heterocycles. The highest BCUT2D eigenvalue weighted by atomic mass is 19.4. The number of rotatable bonds is 10. The zero-order valence-corrected chi connectivity index (χ0v) is 34.2. The van der Waals surface area contributed by atoms with E-state index in [1.165, 1.54) is 29.8 Å². The number of urea groups is 2. The Morgan fingerprint density at radius 1 is 0.583 bits per heavy atom. The Labute approximate surface area is 347 Å². The highest BCUT2D eigenvalue weighted by molar-refractivity contribution is 5.90. The summed E-state index contributed by atoms with van der Waals surface area (Å²) in [5.74, 6) is -0.667. The van der Waals surface area contributed by atoms with Gasteiger partial charge in [-0.1, -0.05) is 33.8 Å². The van der Waals surface area contributed by atoms with Gasteiger partial charge in [-0.3, -0.25) is 19.8 Å². The maximum atomic E-state index is 12.2. The lowest BCUT2D eigenvalue weighted by atomic mass is 10.0. The first kappa shape index (κ1) is 48.7. The molecule has 2 aliphatic heterocycles. The third-order valence-electron chi connectivity index (χ3n) is 8.82. The van der Waals surface area contributed by atoms with Gasteiger partial charge < -0.3 is 30.7 Å². The van der Waals surface area contributed by atoms with Crippen molar-refractivity contribution in [3.05, 3.63) is 109 Å². The Kier molecular flexibility index (Phi) is 20.4. The number of amides is 4. The van der Waals surface area contributed by atoms with E-state index in [-0.39, 0.29) is 35.6 Å². The molecule has 0 saturated carbocycles. The predicted molar refractivity (Wildman–Crippen MR) is 218 cm³/mol. The summed E-state index contributed by atoms with van der Waals surface area (Å²) in [4.78, 5) is 37.0. The molecule has 0 spiro atoms. The van der Waals surface area contributed by atoms with Crippen LogP contribution < -0.4 is 30.7 Å². The molecule has 12 nitrogen and oxygen atoms in total. The first-order valence-electron chi connectivity index (χ1n) is 19.8. The molecule has 0 unspecified atom stereocenters. The van der Waals surface area contributed by atoms with Crippen LogP contribution in [0.3, 0.4) is 0 Å². The van der Waals surface area contributed by atoms with Crippen molar-refractivity contribution in [1.82, 2.24) is 30.4 Å². The minimum atomic E-state index is -4.74. The zero-order chi connectivity index (χ0) is 44.0. The summed E-state index contributed by atoms with van der Waals surface area (Å²) in [6.45, 7) is 13.2. The van der Waals surface area contributed by atoms with Gasteiger partial charge in [0.05, 0.1) is 0 Å². The molecular weight excluding hydrogens is 795 g/mol. The van der Waals surface area contributed by atoms with Crippen molar-refractivity contribution in [1.29, 1.82) is 0 Å². The number of carbonyl (C=O) groups excluding carboxylic acids is 2. The molecule has 328 valence electrons. The highest BCUT2D eigenvalue weighted by Gasteiger charge is 2.32.